The van der Waals surface area contributed by atoms with Crippen molar-refractivity contribution in [3.05, 3.63) is 60.0 Å². The number of aromatic amines is 1. The van der Waals surface area contributed by atoms with E-state index in [0.717, 1.165) is 70.5 Å². The van der Waals surface area contributed by atoms with Gasteiger partial charge in [-0.15, -0.1) is 0 Å². The maximum Gasteiger partial charge on any atom is 0.140 e. The van der Waals surface area contributed by atoms with Gasteiger partial charge in [0.05, 0.1) is 17.2 Å². The molecule has 1 saturated heterocycles. The van der Waals surface area contributed by atoms with E-state index in [1.807, 2.05) is 23.2 Å². The van der Waals surface area contributed by atoms with Crippen molar-refractivity contribution in [2.24, 2.45) is 0 Å². The standard InChI is InChI=1S/C23H23ClN6O/c1-3-20(31)29-6-8-30(9-7-29)23-17-10-18(24)16(11-19(17)25-13-26-23)21-14(2)4-5-15-12-27-28-22(15)21/h3-5,10-13,20,31H,1,6-9H2,2H3,(H,27,28). The van der Waals surface area contributed by atoms with E-state index in [-0.39, 0.29) is 0 Å². The second-order valence-electron chi connectivity index (χ2n) is 7.81. The number of aliphatic hydroxyl groups excluding tert-OH is 1. The van der Waals surface area contributed by atoms with Gasteiger partial charge in [0.25, 0.3) is 0 Å². The Labute approximate surface area is 185 Å². The number of benzene rings is 2. The zero-order chi connectivity index (χ0) is 21.5. The van der Waals surface area contributed by atoms with Gasteiger partial charge in [-0.3, -0.25) is 10.00 Å². The van der Waals surface area contributed by atoms with Crippen molar-refractivity contribution in [3.8, 4) is 11.1 Å². The molecule has 4 aromatic rings. The number of piperazine rings is 1. The molecule has 158 valence electrons. The first kappa shape index (κ1) is 19.9. The van der Waals surface area contributed by atoms with E-state index in [0.29, 0.717) is 5.02 Å². The number of aryl methyl sites for hydroxylation is 1. The summed E-state index contributed by atoms with van der Waals surface area (Å²) in [5, 5.41) is 19.9. The average molecular weight is 435 g/mol. The van der Waals surface area contributed by atoms with Gasteiger partial charge in [0.1, 0.15) is 18.4 Å². The highest BCUT2D eigenvalue weighted by atomic mass is 35.5. The first-order chi connectivity index (χ1) is 15.1. The fraction of sp³-hybridized carbons (Fsp3) is 0.261. The number of hydrogen-bond acceptors (Lipinski definition) is 6. The normalized spacial score (nSPS) is 16.2. The van der Waals surface area contributed by atoms with E-state index < -0.39 is 6.23 Å². The zero-order valence-electron chi connectivity index (χ0n) is 17.2. The van der Waals surface area contributed by atoms with E-state index in [4.69, 9.17) is 11.6 Å². The maximum absolute atomic E-state index is 10.0. The number of fused-ring (bicyclic) bond motifs is 2. The molecule has 0 aliphatic carbocycles. The number of H-pyrrole nitrogens is 1. The molecule has 7 nitrogen and oxygen atoms in total. The van der Waals surface area contributed by atoms with Crippen LogP contribution in [0.5, 0.6) is 0 Å². The molecule has 3 heterocycles. The molecule has 0 amide bonds. The Morgan fingerprint density at radius 2 is 2.00 bits per heavy atom. The quantitative estimate of drug-likeness (QED) is 0.476. The monoisotopic (exact) mass is 434 g/mol. The number of hydrogen-bond donors (Lipinski definition) is 2. The summed E-state index contributed by atoms with van der Waals surface area (Å²) in [4.78, 5) is 13.3. The van der Waals surface area contributed by atoms with Crippen LogP contribution in [0.15, 0.2) is 49.4 Å². The van der Waals surface area contributed by atoms with Crippen LogP contribution >= 0.6 is 11.6 Å². The van der Waals surface area contributed by atoms with Gasteiger partial charge in [-0.2, -0.15) is 5.10 Å². The Kier molecular flexibility index (Phi) is 5.09. The van der Waals surface area contributed by atoms with Crippen LogP contribution in [-0.2, 0) is 0 Å². The van der Waals surface area contributed by atoms with Crippen LogP contribution in [-0.4, -0.2) is 62.6 Å². The van der Waals surface area contributed by atoms with Gasteiger partial charge in [0, 0.05) is 53.1 Å². The van der Waals surface area contributed by atoms with Crippen LogP contribution in [0.25, 0.3) is 32.9 Å². The molecule has 1 atom stereocenters. The van der Waals surface area contributed by atoms with E-state index >= 15 is 0 Å². The van der Waals surface area contributed by atoms with Crippen molar-refractivity contribution in [2.75, 3.05) is 31.1 Å². The Hall–Kier alpha value is -3.00. The van der Waals surface area contributed by atoms with Crippen molar-refractivity contribution in [1.82, 2.24) is 25.1 Å². The first-order valence-electron chi connectivity index (χ1n) is 10.2. The number of nitrogens with zero attached hydrogens (tertiary/aromatic N) is 5. The summed E-state index contributed by atoms with van der Waals surface area (Å²) in [6.45, 7) is 8.70. The Morgan fingerprint density at radius 1 is 1.19 bits per heavy atom. The SMILES string of the molecule is C=CC(O)N1CCN(c2ncnc3cc(-c4c(C)ccc5cn[nH]c45)c(Cl)cc23)CC1. The smallest absolute Gasteiger partial charge is 0.140 e. The van der Waals surface area contributed by atoms with Gasteiger partial charge in [-0.25, -0.2) is 9.97 Å². The second-order valence-corrected chi connectivity index (χ2v) is 8.22. The topological polar surface area (TPSA) is 81.2 Å². The van der Waals surface area contributed by atoms with Gasteiger partial charge in [0.15, 0.2) is 0 Å². The number of rotatable bonds is 4. The van der Waals surface area contributed by atoms with Gasteiger partial charge >= 0.3 is 0 Å². The average Bonchev–Trinajstić information content (AvgIpc) is 3.27. The largest absolute Gasteiger partial charge is 0.375 e. The highest BCUT2D eigenvalue weighted by Gasteiger charge is 2.23. The fourth-order valence-corrected chi connectivity index (χ4v) is 4.58. The Bertz CT molecular complexity index is 1280. The van der Waals surface area contributed by atoms with Crippen LogP contribution in [0.2, 0.25) is 5.02 Å². The van der Waals surface area contributed by atoms with E-state index in [1.54, 1.807) is 12.4 Å². The van der Waals surface area contributed by atoms with Gasteiger partial charge in [-0.1, -0.05) is 30.3 Å². The summed E-state index contributed by atoms with van der Waals surface area (Å²) in [5.74, 6) is 0.864. The third-order valence-corrected chi connectivity index (χ3v) is 6.31. The van der Waals surface area contributed by atoms with Crippen LogP contribution in [0.3, 0.4) is 0 Å². The lowest BCUT2D eigenvalue weighted by Gasteiger charge is -2.37. The van der Waals surface area contributed by atoms with Crippen LogP contribution in [0.1, 0.15) is 5.56 Å². The van der Waals surface area contributed by atoms with Crippen LogP contribution < -0.4 is 4.90 Å². The molecule has 1 fully saturated rings. The molecule has 5 rings (SSSR count). The zero-order valence-corrected chi connectivity index (χ0v) is 18.0. The number of halogens is 1. The summed E-state index contributed by atoms with van der Waals surface area (Å²) in [6, 6.07) is 8.12. The number of anilines is 1. The fourth-order valence-electron chi connectivity index (χ4n) is 4.32. The Balaban J connectivity index is 1.56. The van der Waals surface area contributed by atoms with Gasteiger partial charge in [0.2, 0.25) is 0 Å². The lowest BCUT2D eigenvalue weighted by atomic mass is 9.97. The summed E-state index contributed by atoms with van der Waals surface area (Å²) in [7, 11) is 0. The minimum absolute atomic E-state index is 0.616. The first-order valence-corrected chi connectivity index (χ1v) is 10.6. The minimum Gasteiger partial charge on any atom is -0.375 e. The lowest BCUT2D eigenvalue weighted by Crippen LogP contribution is -2.50. The number of aliphatic hydroxyl groups is 1. The second kappa shape index (κ2) is 7.92. The summed E-state index contributed by atoms with van der Waals surface area (Å²) >= 11 is 6.81. The molecule has 31 heavy (non-hydrogen) atoms. The molecule has 0 radical (unpaired) electrons. The molecule has 2 aromatic heterocycles. The molecule has 0 spiro atoms. The third-order valence-electron chi connectivity index (χ3n) is 6.00. The highest BCUT2D eigenvalue weighted by molar-refractivity contribution is 6.34. The van der Waals surface area contributed by atoms with Crippen molar-refractivity contribution in [1.29, 1.82) is 0 Å². The van der Waals surface area contributed by atoms with E-state index in [2.05, 4.69) is 50.7 Å². The number of nitrogens with one attached hydrogen (secondary N) is 1. The van der Waals surface area contributed by atoms with Gasteiger partial charge in [-0.05, 0) is 30.7 Å². The molecule has 1 aliphatic heterocycles. The summed E-state index contributed by atoms with van der Waals surface area (Å²) in [6.07, 6.45) is 4.36. The number of aromatic nitrogens is 4. The predicted molar refractivity (Wildman–Crippen MR) is 124 cm³/mol. The minimum atomic E-state index is -0.616. The molecule has 8 heteroatoms. The Morgan fingerprint density at radius 3 is 2.77 bits per heavy atom. The van der Waals surface area contributed by atoms with Crippen LogP contribution in [0, 0.1) is 6.92 Å². The van der Waals surface area contributed by atoms with Gasteiger partial charge < -0.3 is 10.0 Å². The van der Waals surface area contributed by atoms with Crippen molar-refractivity contribution < 1.29 is 5.11 Å². The van der Waals surface area contributed by atoms with Crippen molar-refractivity contribution >= 4 is 39.2 Å². The lowest BCUT2D eigenvalue weighted by molar-refractivity contribution is 0.0380. The van der Waals surface area contributed by atoms with E-state index in [9.17, 15) is 5.11 Å². The highest BCUT2D eigenvalue weighted by Crippen LogP contribution is 2.38. The van der Waals surface area contributed by atoms with Crippen molar-refractivity contribution in [3.63, 3.8) is 0 Å². The predicted octanol–water partition coefficient (Wildman–Crippen LogP) is 3.76. The molecule has 0 bridgehead atoms. The molecule has 0 saturated carbocycles. The molecule has 2 aromatic carbocycles. The molecular formula is C23H23ClN6O. The molecule has 2 N–H and O–H groups in total. The summed E-state index contributed by atoms with van der Waals surface area (Å²) in [5.41, 5.74) is 4.88. The maximum atomic E-state index is 10.0. The molecular weight excluding hydrogens is 412 g/mol. The summed E-state index contributed by atoms with van der Waals surface area (Å²) < 4.78 is 0. The molecule has 1 aliphatic rings. The van der Waals surface area contributed by atoms with Crippen molar-refractivity contribution in [2.45, 2.75) is 13.2 Å². The third kappa shape index (κ3) is 3.44. The van der Waals surface area contributed by atoms with Crippen LogP contribution in [0.4, 0.5) is 5.82 Å². The van der Waals surface area contributed by atoms with E-state index in [1.165, 1.54) is 0 Å². The molecule has 1 unspecified atom stereocenters.